The lowest BCUT2D eigenvalue weighted by atomic mass is 9.90. The molecule has 2 unspecified atom stereocenters. The lowest BCUT2D eigenvalue weighted by molar-refractivity contribution is 0.328. The van der Waals surface area contributed by atoms with E-state index in [4.69, 9.17) is 5.73 Å². The number of hydrogen-bond donors (Lipinski definition) is 2. The summed E-state index contributed by atoms with van der Waals surface area (Å²) in [6.07, 6.45) is 2.54. The van der Waals surface area contributed by atoms with Gasteiger partial charge in [-0.3, -0.25) is 0 Å². The molecule has 0 saturated carbocycles. The van der Waals surface area contributed by atoms with E-state index in [0.29, 0.717) is 5.92 Å². The Morgan fingerprint density at radius 1 is 1.64 bits per heavy atom. The Balaban J connectivity index is 2.07. The van der Waals surface area contributed by atoms with Crippen LogP contribution in [-0.4, -0.2) is 13.1 Å². The molecule has 1 fully saturated rings. The Morgan fingerprint density at radius 3 is 3.07 bits per heavy atom. The standard InChI is InChI=1S/C11H18N2S/c1-8-4-6-14-11(8)10(12)9-3-2-5-13-7-9/h4,6,9-10,13H,2-3,5,7,12H2,1H3. The van der Waals surface area contributed by atoms with Crippen LogP contribution in [0.3, 0.4) is 0 Å². The molecule has 1 aromatic heterocycles. The number of nitrogens with two attached hydrogens (primary N) is 1. The second-order valence-corrected chi connectivity index (χ2v) is 5.05. The van der Waals surface area contributed by atoms with Crippen LogP contribution in [0.4, 0.5) is 0 Å². The third-order valence-corrected chi connectivity index (χ3v) is 4.17. The van der Waals surface area contributed by atoms with Crippen LogP contribution in [0, 0.1) is 12.8 Å². The first-order valence-electron chi connectivity index (χ1n) is 5.29. The Labute approximate surface area is 89.5 Å². The molecule has 0 aliphatic carbocycles. The molecule has 2 nitrogen and oxygen atoms in total. The van der Waals surface area contributed by atoms with E-state index < -0.39 is 0 Å². The first-order valence-corrected chi connectivity index (χ1v) is 6.17. The fourth-order valence-corrected chi connectivity index (χ4v) is 3.15. The van der Waals surface area contributed by atoms with Crippen molar-refractivity contribution in [2.45, 2.75) is 25.8 Å². The Hall–Kier alpha value is -0.380. The van der Waals surface area contributed by atoms with Crippen LogP contribution in [0.1, 0.15) is 29.3 Å². The van der Waals surface area contributed by atoms with Gasteiger partial charge in [0.1, 0.15) is 0 Å². The highest BCUT2D eigenvalue weighted by Gasteiger charge is 2.23. The fourth-order valence-electron chi connectivity index (χ4n) is 2.13. The zero-order chi connectivity index (χ0) is 9.97. The quantitative estimate of drug-likeness (QED) is 0.784. The van der Waals surface area contributed by atoms with Crippen molar-refractivity contribution in [1.82, 2.24) is 5.32 Å². The van der Waals surface area contributed by atoms with E-state index in [1.807, 2.05) is 0 Å². The molecular weight excluding hydrogens is 192 g/mol. The van der Waals surface area contributed by atoms with Gasteiger partial charge in [-0.05, 0) is 55.8 Å². The van der Waals surface area contributed by atoms with Crippen molar-refractivity contribution in [3.8, 4) is 0 Å². The highest BCUT2D eigenvalue weighted by molar-refractivity contribution is 7.10. The lowest BCUT2D eigenvalue weighted by Crippen LogP contribution is -2.36. The summed E-state index contributed by atoms with van der Waals surface area (Å²) < 4.78 is 0. The maximum absolute atomic E-state index is 6.29. The highest BCUT2D eigenvalue weighted by atomic mass is 32.1. The molecule has 0 radical (unpaired) electrons. The Bertz CT molecular complexity index is 289. The molecule has 0 amide bonds. The molecule has 1 aromatic rings. The topological polar surface area (TPSA) is 38.0 Å². The predicted octanol–water partition coefficient (Wildman–Crippen LogP) is 2.06. The molecule has 2 atom stereocenters. The van der Waals surface area contributed by atoms with Crippen molar-refractivity contribution in [2.75, 3.05) is 13.1 Å². The lowest BCUT2D eigenvalue weighted by Gasteiger charge is -2.28. The van der Waals surface area contributed by atoms with Crippen molar-refractivity contribution in [3.05, 3.63) is 21.9 Å². The summed E-state index contributed by atoms with van der Waals surface area (Å²) in [6, 6.07) is 2.40. The third-order valence-electron chi connectivity index (χ3n) is 3.05. The minimum Gasteiger partial charge on any atom is -0.323 e. The van der Waals surface area contributed by atoms with Crippen molar-refractivity contribution in [1.29, 1.82) is 0 Å². The average molecular weight is 210 g/mol. The molecule has 2 heterocycles. The molecular formula is C11H18N2S. The second-order valence-electron chi connectivity index (χ2n) is 4.10. The van der Waals surface area contributed by atoms with Crippen molar-refractivity contribution >= 4 is 11.3 Å². The summed E-state index contributed by atoms with van der Waals surface area (Å²) >= 11 is 1.80. The molecule has 1 aliphatic rings. The molecule has 0 bridgehead atoms. The molecule has 78 valence electrons. The Morgan fingerprint density at radius 2 is 2.50 bits per heavy atom. The van der Waals surface area contributed by atoms with Gasteiger partial charge in [0.15, 0.2) is 0 Å². The number of rotatable bonds is 2. The second kappa shape index (κ2) is 4.43. The van der Waals surface area contributed by atoms with Crippen LogP contribution in [0.25, 0.3) is 0 Å². The molecule has 14 heavy (non-hydrogen) atoms. The molecule has 1 aliphatic heterocycles. The van der Waals surface area contributed by atoms with Gasteiger partial charge in [-0.15, -0.1) is 11.3 Å². The van der Waals surface area contributed by atoms with E-state index in [0.717, 1.165) is 13.1 Å². The minimum atomic E-state index is 0.239. The van der Waals surface area contributed by atoms with Crippen LogP contribution in [0.2, 0.25) is 0 Å². The van der Waals surface area contributed by atoms with Crippen LogP contribution < -0.4 is 11.1 Å². The summed E-state index contributed by atoms with van der Waals surface area (Å²) in [7, 11) is 0. The summed E-state index contributed by atoms with van der Waals surface area (Å²) in [4.78, 5) is 1.37. The van der Waals surface area contributed by atoms with Crippen LogP contribution in [0.5, 0.6) is 0 Å². The number of aryl methyl sites for hydroxylation is 1. The maximum atomic E-state index is 6.29. The van der Waals surface area contributed by atoms with E-state index in [-0.39, 0.29) is 6.04 Å². The van der Waals surface area contributed by atoms with E-state index in [1.54, 1.807) is 11.3 Å². The zero-order valence-electron chi connectivity index (χ0n) is 8.62. The highest BCUT2D eigenvalue weighted by Crippen LogP contribution is 2.30. The number of piperidine rings is 1. The SMILES string of the molecule is Cc1ccsc1C(N)C1CCCNC1. The molecule has 3 N–H and O–H groups in total. The summed E-state index contributed by atoms with van der Waals surface area (Å²) in [5.41, 5.74) is 7.64. The van der Waals surface area contributed by atoms with Gasteiger partial charge in [0.2, 0.25) is 0 Å². The van der Waals surface area contributed by atoms with Gasteiger partial charge in [-0.2, -0.15) is 0 Å². The first-order chi connectivity index (χ1) is 6.79. The molecule has 1 saturated heterocycles. The normalized spacial score (nSPS) is 24.9. The summed E-state index contributed by atoms with van der Waals surface area (Å²) in [5, 5.41) is 5.56. The zero-order valence-corrected chi connectivity index (χ0v) is 9.44. The van der Waals surface area contributed by atoms with E-state index in [1.165, 1.54) is 23.3 Å². The van der Waals surface area contributed by atoms with E-state index in [9.17, 15) is 0 Å². The minimum absolute atomic E-state index is 0.239. The Kier molecular flexibility index (Phi) is 3.21. The predicted molar refractivity (Wildman–Crippen MR) is 61.6 cm³/mol. The van der Waals surface area contributed by atoms with Crippen molar-refractivity contribution in [3.63, 3.8) is 0 Å². The van der Waals surface area contributed by atoms with Gasteiger partial charge >= 0.3 is 0 Å². The van der Waals surface area contributed by atoms with Gasteiger partial charge in [0.05, 0.1) is 0 Å². The molecule has 0 aromatic carbocycles. The average Bonchev–Trinajstić information content (AvgIpc) is 2.65. The van der Waals surface area contributed by atoms with Crippen LogP contribution >= 0.6 is 11.3 Å². The number of hydrogen-bond acceptors (Lipinski definition) is 3. The summed E-state index contributed by atoms with van der Waals surface area (Å²) in [5.74, 6) is 0.626. The van der Waals surface area contributed by atoms with Crippen LogP contribution in [-0.2, 0) is 0 Å². The molecule has 2 rings (SSSR count). The van der Waals surface area contributed by atoms with Gasteiger partial charge in [-0.1, -0.05) is 0 Å². The fraction of sp³-hybridized carbons (Fsp3) is 0.636. The molecule has 3 heteroatoms. The van der Waals surface area contributed by atoms with Gasteiger partial charge in [-0.25, -0.2) is 0 Å². The summed E-state index contributed by atoms with van der Waals surface area (Å²) in [6.45, 7) is 4.40. The maximum Gasteiger partial charge on any atom is 0.0433 e. The van der Waals surface area contributed by atoms with Crippen molar-refractivity contribution in [2.24, 2.45) is 11.7 Å². The first kappa shape index (κ1) is 10.1. The van der Waals surface area contributed by atoms with E-state index >= 15 is 0 Å². The number of nitrogens with one attached hydrogen (secondary N) is 1. The van der Waals surface area contributed by atoms with Gasteiger partial charge < -0.3 is 11.1 Å². The monoisotopic (exact) mass is 210 g/mol. The smallest absolute Gasteiger partial charge is 0.0433 e. The van der Waals surface area contributed by atoms with Gasteiger partial charge in [0.25, 0.3) is 0 Å². The van der Waals surface area contributed by atoms with Gasteiger partial charge in [0, 0.05) is 10.9 Å². The number of thiophene rings is 1. The third kappa shape index (κ3) is 2.00. The molecule has 0 spiro atoms. The van der Waals surface area contributed by atoms with E-state index in [2.05, 4.69) is 23.7 Å². The van der Waals surface area contributed by atoms with Crippen molar-refractivity contribution < 1.29 is 0 Å². The van der Waals surface area contributed by atoms with Crippen LogP contribution in [0.15, 0.2) is 11.4 Å². The largest absolute Gasteiger partial charge is 0.323 e.